The van der Waals surface area contributed by atoms with Gasteiger partial charge in [0.15, 0.2) is 0 Å². The number of hydrogen-bond acceptors (Lipinski definition) is 1. The molecule has 0 heterocycles. The molecular weight excluding hydrogens is 77.8 g/mol. The van der Waals surface area contributed by atoms with E-state index in [-0.39, 0.29) is 44.4 Å². The van der Waals surface area contributed by atoms with E-state index in [2.05, 4.69) is 0 Å². The molecule has 4 heteroatoms. The average molecular weight is 83.9 g/mol. The minimum Gasteiger partial charge on any atom is -0.483 e. The van der Waals surface area contributed by atoms with Crippen LogP contribution in [0.1, 0.15) is 0 Å². The van der Waals surface area contributed by atoms with Crippen LogP contribution in [0.4, 0.5) is 0 Å². The fraction of sp³-hybridized carbons (Fsp3) is 0. The first-order chi connectivity index (χ1) is 1.41. The van der Waals surface area contributed by atoms with Crippen molar-refractivity contribution in [3.63, 3.8) is 0 Å². The number of carbonyl (C=O) groups is 1. The zero-order valence-corrected chi connectivity index (χ0v) is 4.43. The van der Waals surface area contributed by atoms with Gasteiger partial charge in [-0.2, -0.15) is 0 Å². The third kappa shape index (κ3) is 102. The maximum atomic E-state index is 8.36. The average Bonchev–Trinajstić information content (AvgIpc) is 0.918. The molecule has 0 aliphatic heterocycles. The smallest absolute Gasteiger partial charge is 0.483 e. The van der Waals surface area contributed by atoms with Gasteiger partial charge in [-0.25, -0.2) is 0 Å². The molecular formula is CH6BNaO2. The van der Waals surface area contributed by atoms with Gasteiger partial charge in [0.05, 0.1) is 0 Å². The van der Waals surface area contributed by atoms with Crippen molar-refractivity contribution in [2.24, 2.45) is 0 Å². The maximum Gasteiger partial charge on any atom is 1.00 e. The molecule has 0 unspecified atom stereocenters. The summed E-state index contributed by atoms with van der Waals surface area (Å²) in [5.74, 6) is 0. The summed E-state index contributed by atoms with van der Waals surface area (Å²) in [4.78, 5) is 8.36. The molecule has 2 nitrogen and oxygen atoms in total. The van der Waals surface area contributed by atoms with Gasteiger partial charge < -0.3 is 5.11 Å². The van der Waals surface area contributed by atoms with Crippen molar-refractivity contribution < 1.29 is 39.5 Å². The molecule has 0 aromatic carbocycles. The summed E-state index contributed by atoms with van der Waals surface area (Å²) < 4.78 is 0. The molecule has 0 bridgehead atoms. The van der Waals surface area contributed by atoms with Crippen molar-refractivity contribution in [2.75, 3.05) is 0 Å². The quantitative estimate of drug-likeness (QED) is 0.236. The van der Waals surface area contributed by atoms with Crippen molar-refractivity contribution in [1.82, 2.24) is 0 Å². The van der Waals surface area contributed by atoms with Gasteiger partial charge in [-0.1, -0.05) is 8.41 Å². The molecule has 5 heavy (non-hydrogen) atoms. The van der Waals surface area contributed by atoms with Gasteiger partial charge in [-0.15, -0.1) is 0 Å². The normalized spacial score (nSPS) is 2.40. The molecule has 0 amide bonds. The molecule has 1 N–H and O–H groups in total. The van der Waals surface area contributed by atoms with E-state index >= 15 is 0 Å². The Labute approximate surface area is 54.4 Å². The third-order valence-corrected chi connectivity index (χ3v) is 0. The molecule has 0 spiro atoms. The molecule has 0 fully saturated rings. The van der Waals surface area contributed by atoms with Crippen molar-refractivity contribution in [1.29, 1.82) is 0 Å². The fourth-order valence-electron chi connectivity index (χ4n) is 0. The number of rotatable bonds is 0. The van der Waals surface area contributed by atoms with Crippen LogP contribution in [0, 0.1) is 0 Å². The molecule has 0 saturated heterocycles. The first-order valence-corrected chi connectivity index (χ1v) is 0.494. The Kier molecular flexibility index (Phi) is 85.2. The molecule has 26 valence electrons. The summed E-state index contributed by atoms with van der Waals surface area (Å²) in [6, 6.07) is 0. The van der Waals surface area contributed by atoms with Crippen molar-refractivity contribution in [3.05, 3.63) is 0 Å². The Hall–Kier alpha value is 0.535. The molecule has 0 saturated carbocycles. The van der Waals surface area contributed by atoms with Gasteiger partial charge in [-0.3, -0.25) is 4.79 Å². The van der Waals surface area contributed by atoms with Gasteiger partial charge in [-0.05, 0) is 0 Å². The molecule has 0 aliphatic carbocycles. The van der Waals surface area contributed by atoms with Gasteiger partial charge >= 0.3 is 29.6 Å². The zero-order valence-electron chi connectivity index (χ0n) is 2.43. The van der Waals surface area contributed by atoms with Gasteiger partial charge in [0.1, 0.15) is 0 Å². The first kappa shape index (κ1) is 17.7. The molecule has 0 rings (SSSR count). The van der Waals surface area contributed by atoms with Crippen LogP contribution in [-0.2, 0) is 4.79 Å². The van der Waals surface area contributed by atoms with Crippen LogP contribution in [0.5, 0.6) is 0 Å². The van der Waals surface area contributed by atoms with Gasteiger partial charge in [0.2, 0.25) is 0 Å². The molecule has 0 aliphatic rings. The van der Waals surface area contributed by atoms with E-state index in [1.54, 1.807) is 0 Å². The Morgan fingerprint density at radius 2 is 1.60 bits per heavy atom. The minimum absolute atomic E-state index is 0. The molecule has 0 aromatic rings. The van der Waals surface area contributed by atoms with E-state index in [9.17, 15) is 0 Å². The summed E-state index contributed by atoms with van der Waals surface area (Å²) in [5.41, 5.74) is 0. The predicted octanol–water partition coefficient (Wildman–Crippen LogP) is -4.75. The number of hydrogen-bond donors (Lipinski definition) is 1. The van der Waals surface area contributed by atoms with Crippen molar-refractivity contribution in [2.45, 2.75) is 0 Å². The summed E-state index contributed by atoms with van der Waals surface area (Å²) in [6.07, 6.45) is 0. The van der Waals surface area contributed by atoms with Crippen LogP contribution >= 0.6 is 0 Å². The summed E-state index contributed by atoms with van der Waals surface area (Å²) >= 11 is 0. The topological polar surface area (TPSA) is 37.3 Å². The van der Waals surface area contributed by atoms with Crippen molar-refractivity contribution in [3.8, 4) is 0 Å². The van der Waals surface area contributed by atoms with Crippen LogP contribution in [0.3, 0.4) is 0 Å². The van der Waals surface area contributed by atoms with Crippen LogP contribution in [0.25, 0.3) is 0 Å². The van der Waals surface area contributed by atoms with E-state index in [4.69, 9.17) is 9.90 Å². The van der Waals surface area contributed by atoms with E-state index in [0.29, 0.717) is 0 Å². The Balaban J connectivity index is -0.0000000200. The predicted molar refractivity (Wildman–Crippen MR) is 20.0 cm³/mol. The van der Waals surface area contributed by atoms with E-state index in [1.165, 1.54) is 0 Å². The molecule has 0 aromatic heterocycles. The second kappa shape index (κ2) is 24.1. The third-order valence-electron chi connectivity index (χ3n) is 0. The second-order valence-corrected chi connectivity index (χ2v) is 0.105. The van der Waals surface area contributed by atoms with Crippen LogP contribution in [0.2, 0.25) is 0 Å². The second-order valence-electron chi connectivity index (χ2n) is 0.105. The Morgan fingerprint density at radius 3 is 1.60 bits per heavy atom. The van der Waals surface area contributed by atoms with Gasteiger partial charge in [0, 0.05) is 0 Å². The fourth-order valence-corrected chi connectivity index (χ4v) is 0. The summed E-state index contributed by atoms with van der Waals surface area (Å²) in [5, 5.41) is 6.89. The minimum atomic E-state index is -0.250. The maximum absolute atomic E-state index is 8.36. The molecule has 0 atom stereocenters. The Morgan fingerprint density at radius 1 is 1.60 bits per heavy atom. The van der Waals surface area contributed by atoms with Crippen molar-refractivity contribution >= 4 is 14.9 Å². The molecule has 0 radical (unpaired) electrons. The van der Waals surface area contributed by atoms with Crippen LogP contribution in [0.15, 0.2) is 0 Å². The van der Waals surface area contributed by atoms with E-state index < -0.39 is 0 Å². The summed E-state index contributed by atoms with van der Waals surface area (Å²) in [7, 11) is 0. The SMILES string of the molecule is O=CO.[BH4-].[Na+]. The Bertz CT molecular complexity index is 17.1. The summed E-state index contributed by atoms with van der Waals surface area (Å²) in [6.45, 7) is -0.250. The van der Waals surface area contributed by atoms with Crippen LogP contribution < -0.4 is 29.6 Å². The van der Waals surface area contributed by atoms with E-state index in [1.807, 2.05) is 0 Å². The largest absolute Gasteiger partial charge is 1.00 e. The standard InChI is InChI=1S/CH2O2.BH4.Na/c2-1-3;;/h1H,(H,2,3);1H4;/q;-1;+1. The van der Waals surface area contributed by atoms with E-state index in [0.717, 1.165) is 0 Å². The number of carboxylic acid groups (broad SMARTS) is 1. The first-order valence-electron chi connectivity index (χ1n) is 0.494. The van der Waals surface area contributed by atoms with Gasteiger partial charge in [0.25, 0.3) is 6.47 Å². The zero-order chi connectivity index (χ0) is 2.71. The monoisotopic (exact) mass is 84.0 g/mol. The van der Waals surface area contributed by atoms with Crippen LogP contribution in [-0.4, -0.2) is 20.0 Å².